The maximum Gasteiger partial charge on any atom is 0.490 e. The lowest BCUT2D eigenvalue weighted by Crippen LogP contribution is -2.55. The van der Waals surface area contributed by atoms with Crippen LogP contribution in [0.1, 0.15) is 31.7 Å². The second-order valence-electron chi connectivity index (χ2n) is 6.93. The Kier molecular flexibility index (Phi) is 7.59. The molecule has 158 valence electrons. The largest absolute Gasteiger partial charge is 0.490 e. The first kappa shape index (κ1) is 22.4. The molecule has 2 heterocycles. The van der Waals surface area contributed by atoms with Gasteiger partial charge in [0.25, 0.3) is 0 Å². The van der Waals surface area contributed by atoms with Gasteiger partial charge in [-0.25, -0.2) is 14.8 Å². The molecule has 0 bridgehead atoms. The summed E-state index contributed by atoms with van der Waals surface area (Å²) in [5.74, 6) is -1.44. The molecule has 0 unspecified atom stereocenters. The highest BCUT2D eigenvalue weighted by atomic mass is 19.4. The summed E-state index contributed by atoms with van der Waals surface area (Å²) in [4.78, 5) is 20.2. The van der Waals surface area contributed by atoms with E-state index in [0.717, 1.165) is 45.1 Å². The summed E-state index contributed by atoms with van der Waals surface area (Å²) in [5.41, 5.74) is 1.11. The first-order chi connectivity index (χ1) is 13.2. The number of carboxylic acid groups (broad SMARTS) is 1. The Morgan fingerprint density at radius 3 is 2.61 bits per heavy atom. The van der Waals surface area contributed by atoms with E-state index >= 15 is 0 Å². The lowest BCUT2D eigenvalue weighted by atomic mass is 9.89. The van der Waals surface area contributed by atoms with Crippen LogP contribution < -0.4 is 4.90 Å². The molecule has 1 aliphatic heterocycles. The number of aliphatic carboxylic acids is 1. The van der Waals surface area contributed by atoms with Gasteiger partial charge in [-0.2, -0.15) is 13.2 Å². The summed E-state index contributed by atoms with van der Waals surface area (Å²) in [5, 5.41) is 7.12. The van der Waals surface area contributed by atoms with Crippen LogP contribution in [0.5, 0.6) is 0 Å². The minimum atomic E-state index is -5.08. The molecule has 10 heteroatoms. The van der Waals surface area contributed by atoms with Crippen molar-refractivity contribution in [2.75, 3.05) is 38.3 Å². The zero-order chi connectivity index (χ0) is 20.8. The molecule has 3 rings (SSSR count). The fourth-order valence-corrected chi connectivity index (χ4v) is 3.62. The monoisotopic (exact) mass is 405 g/mol. The third kappa shape index (κ3) is 5.54. The molecule has 0 aromatic carbocycles. The van der Waals surface area contributed by atoms with Crippen LogP contribution in [-0.4, -0.2) is 66.2 Å². The van der Waals surface area contributed by atoms with E-state index in [2.05, 4.69) is 21.8 Å². The molecule has 1 spiro atoms. The highest BCUT2D eigenvalue weighted by molar-refractivity contribution is 5.73. The van der Waals surface area contributed by atoms with Gasteiger partial charge in [-0.3, -0.25) is 0 Å². The van der Waals surface area contributed by atoms with Gasteiger partial charge in [-0.15, -0.1) is 0 Å². The highest BCUT2D eigenvalue weighted by Gasteiger charge is 2.47. The van der Waals surface area contributed by atoms with Crippen LogP contribution in [0.15, 0.2) is 12.4 Å². The van der Waals surface area contributed by atoms with Gasteiger partial charge in [-0.1, -0.05) is 13.3 Å². The number of morpholine rings is 1. The number of aromatic nitrogens is 2. The second-order valence-corrected chi connectivity index (χ2v) is 6.93. The third-order valence-electron chi connectivity index (χ3n) is 5.10. The van der Waals surface area contributed by atoms with E-state index in [1.165, 1.54) is 18.4 Å². The Balaban J connectivity index is 0.000000345. The number of rotatable bonds is 4. The van der Waals surface area contributed by atoms with Gasteiger partial charge < -0.3 is 19.5 Å². The van der Waals surface area contributed by atoms with Crippen molar-refractivity contribution in [3.63, 3.8) is 0 Å². The molecule has 2 atom stereocenters. The highest BCUT2D eigenvalue weighted by Crippen LogP contribution is 2.41. The van der Waals surface area contributed by atoms with E-state index in [-0.39, 0.29) is 5.60 Å². The number of alkyl halides is 3. The van der Waals surface area contributed by atoms with E-state index in [4.69, 9.17) is 19.4 Å². The topological polar surface area (TPSA) is 84.8 Å². The van der Waals surface area contributed by atoms with E-state index in [0.29, 0.717) is 5.92 Å². The van der Waals surface area contributed by atoms with Crippen LogP contribution in [0.2, 0.25) is 0 Å². The Morgan fingerprint density at radius 1 is 1.43 bits per heavy atom. The van der Waals surface area contributed by atoms with Crippen molar-refractivity contribution in [2.45, 2.75) is 44.4 Å². The van der Waals surface area contributed by atoms with Crippen molar-refractivity contribution >= 4 is 11.9 Å². The number of carboxylic acids is 1. The predicted molar refractivity (Wildman–Crippen MR) is 95.2 cm³/mol. The first-order valence-electron chi connectivity index (χ1n) is 9.20. The van der Waals surface area contributed by atoms with Gasteiger partial charge in [0.15, 0.2) is 0 Å². The molecule has 0 radical (unpaired) electrons. The van der Waals surface area contributed by atoms with Gasteiger partial charge in [0.05, 0.1) is 25.4 Å². The average molecular weight is 405 g/mol. The SMILES string of the molecule is CCc1cnc(N2CCO[C@]3(CCC[C@H]3COC)C2)nc1.O=C(O)C(F)(F)F. The lowest BCUT2D eigenvalue weighted by molar-refractivity contribution is -0.192. The summed E-state index contributed by atoms with van der Waals surface area (Å²) in [6.07, 6.45) is 3.29. The molecule has 1 N–H and O–H groups in total. The molecule has 0 amide bonds. The maximum absolute atomic E-state index is 10.6. The smallest absolute Gasteiger partial charge is 0.475 e. The molecule has 2 aliphatic rings. The molecular formula is C18H26F3N3O4. The number of hydrogen-bond acceptors (Lipinski definition) is 6. The molecule has 1 saturated heterocycles. The van der Waals surface area contributed by atoms with Crippen LogP contribution in [0.3, 0.4) is 0 Å². The van der Waals surface area contributed by atoms with Crippen LogP contribution in [0.4, 0.5) is 19.1 Å². The third-order valence-corrected chi connectivity index (χ3v) is 5.10. The van der Waals surface area contributed by atoms with Crippen molar-refractivity contribution in [3.8, 4) is 0 Å². The van der Waals surface area contributed by atoms with Crippen LogP contribution in [-0.2, 0) is 20.7 Å². The first-order valence-corrected chi connectivity index (χ1v) is 9.20. The maximum atomic E-state index is 10.6. The fraction of sp³-hybridized carbons (Fsp3) is 0.722. The predicted octanol–water partition coefficient (Wildman–Crippen LogP) is 2.69. The summed E-state index contributed by atoms with van der Waals surface area (Å²) in [6, 6.07) is 0. The normalized spacial score (nSPS) is 24.8. The lowest BCUT2D eigenvalue weighted by Gasteiger charge is -2.44. The Hall–Kier alpha value is -1.94. The van der Waals surface area contributed by atoms with Gasteiger partial charge in [0, 0.05) is 32.0 Å². The van der Waals surface area contributed by atoms with Crippen LogP contribution in [0, 0.1) is 5.92 Å². The van der Waals surface area contributed by atoms with Gasteiger partial charge in [-0.05, 0) is 24.8 Å². The molecule has 28 heavy (non-hydrogen) atoms. The van der Waals surface area contributed by atoms with Gasteiger partial charge in [0.1, 0.15) is 0 Å². The molecule has 1 aliphatic carbocycles. The van der Waals surface area contributed by atoms with Crippen LogP contribution >= 0.6 is 0 Å². The number of aryl methyl sites for hydroxylation is 1. The zero-order valence-electron chi connectivity index (χ0n) is 16.0. The van der Waals surface area contributed by atoms with Crippen molar-refractivity contribution in [1.29, 1.82) is 0 Å². The second kappa shape index (κ2) is 9.51. The quantitative estimate of drug-likeness (QED) is 0.824. The minimum Gasteiger partial charge on any atom is -0.475 e. The van der Waals surface area contributed by atoms with Crippen LogP contribution in [0.25, 0.3) is 0 Å². The molecule has 2 fully saturated rings. The van der Waals surface area contributed by atoms with Crippen molar-refractivity contribution in [2.24, 2.45) is 5.92 Å². The van der Waals surface area contributed by atoms with Crippen molar-refractivity contribution in [1.82, 2.24) is 9.97 Å². The number of anilines is 1. The number of methoxy groups -OCH3 is 1. The van der Waals surface area contributed by atoms with Crippen molar-refractivity contribution < 1.29 is 32.5 Å². The Labute approximate surface area is 161 Å². The number of carbonyl (C=O) groups is 1. The van der Waals surface area contributed by atoms with Gasteiger partial charge in [0.2, 0.25) is 5.95 Å². The molecule has 1 aromatic heterocycles. The molecule has 7 nitrogen and oxygen atoms in total. The molecule has 1 saturated carbocycles. The van der Waals surface area contributed by atoms with E-state index in [1.54, 1.807) is 7.11 Å². The van der Waals surface area contributed by atoms with E-state index in [9.17, 15) is 13.2 Å². The standard InChI is InChI=1S/C16H25N3O2.C2HF3O2/c1-3-13-9-17-15(18-10-13)19-7-8-21-16(12-19)6-4-5-14(16)11-20-2;3-2(4,5)1(6)7/h9-10,14H,3-8,11-12H2,1-2H3;(H,6,7)/t14-,16+;/m0./s1. The average Bonchev–Trinajstić information content (AvgIpc) is 3.03. The van der Waals surface area contributed by atoms with E-state index in [1.807, 2.05) is 12.4 Å². The fourth-order valence-electron chi connectivity index (χ4n) is 3.62. The number of ether oxygens (including phenoxy) is 2. The molecule has 1 aromatic rings. The summed E-state index contributed by atoms with van der Waals surface area (Å²) < 4.78 is 43.3. The summed E-state index contributed by atoms with van der Waals surface area (Å²) >= 11 is 0. The number of nitrogens with zero attached hydrogens (tertiary/aromatic N) is 3. The van der Waals surface area contributed by atoms with E-state index < -0.39 is 12.1 Å². The molecular weight excluding hydrogens is 379 g/mol. The Bertz CT molecular complexity index is 642. The summed E-state index contributed by atoms with van der Waals surface area (Å²) in [6.45, 7) is 5.40. The number of hydrogen-bond donors (Lipinski definition) is 1. The summed E-state index contributed by atoms with van der Waals surface area (Å²) in [7, 11) is 1.78. The Morgan fingerprint density at radius 2 is 2.07 bits per heavy atom. The van der Waals surface area contributed by atoms with Crippen molar-refractivity contribution in [3.05, 3.63) is 18.0 Å². The zero-order valence-corrected chi connectivity index (χ0v) is 16.0. The van der Waals surface area contributed by atoms with Gasteiger partial charge >= 0.3 is 12.1 Å². The minimum absolute atomic E-state index is 0.0684. The number of halogens is 3.